The summed E-state index contributed by atoms with van der Waals surface area (Å²) < 4.78 is 22.1. The van der Waals surface area contributed by atoms with Gasteiger partial charge in [0.2, 0.25) is 9.05 Å². The van der Waals surface area contributed by atoms with E-state index in [0.717, 1.165) is 25.9 Å². The van der Waals surface area contributed by atoms with Gasteiger partial charge in [-0.2, -0.15) is 0 Å². The Labute approximate surface area is 84.5 Å². The fourth-order valence-corrected chi connectivity index (χ4v) is 2.90. The third kappa shape index (κ3) is 3.11. The van der Waals surface area contributed by atoms with Gasteiger partial charge < -0.3 is 4.90 Å². The molecule has 1 atom stereocenters. The zero-order valence-electron chi connectivity index (χ0n) is 8.03. The number of rotatable bonds is 2. The highest BCUT2D eigenvalue weighted by Crippen LogP contribution is 2.25. The van der Waals surface area contributed by atoms with Gasteiger partial charge in [-0.15, -0.1) is 0 Å². The fourth-order valence-electron chi connectivity index (χ4n) is 1.73. The first kappa shape index (κ1) is 11.3. The Morgan fingerprint density at radius 2 is 1.85 bits per heavy atom. The number of likely N-dealkylation sites (tertiary alicyclic amines) is 1. The summed E-state index contributed by atoms with van der Waals surface area (Å²) in [6, 6.07) is 0. The molecule has 0 aliphatic carbocycles. The van der Waals surface area contributed by atoms with Crippen LogP contribution in [0.5, 0.6) is 0 Å². The van der Waals surface area contributed by atoms with Gasteiger partial charge in [-0.25, -0.2) is 8.42 Å². The Balaban J connectivity index is 2.55. The van der Waals surface area contributed by atoms with Crippen molar-refractivity contribution in [3.8, 4) is 0 Å². The molecule has 3 nitrogen and oxygen atoms in total. The van der Waals surface area contributed by atoms with Crippen molar-refractivity contribution in [2.45, 2.75) is 25.0 Å². The van der Waals surface area contributed by atoms with Crippen molar-refractivity contribution in [2.75, 3.05) is 20.1 Å². The standard InChI is InChI=1S/C8H16ClNO2S/c1-7(13(9,11)12)8-3-5-10(2)6-4-8/h7-8H,3-6H2,1-2H3. The lowest BCUT2D eigenvalue weighted by molar-refractivity contribution is 0.217. The molecule has 0 aromatic carbocycles. The van der Waals surface area contributed by atoms with Crippen LogP contribution in [0, 0.1) is 5.92 Å². The van der Waals surface area contributed by atoms with E-state index in [4.69, 9.17) is 10.7 Å². The first-order chi connectivity index (χ1) is 5.91. The minimum atomic E-state index is -3.37. The van der Waals surface area contributed by atoms with Crippen LogP contribution >= 0.6 is 10.7 Å². The second-order valence-electron chi connectivity index (χ2n) is 3.82. The summed E-state index contributed by atoms with van der Waals surface area (Å²) in [6.45, 7) is 3.65. The lowest BCUT2D eigenvalue weighted by atomic mass is 9.94. The van der Waals surface area contributed by atoms with Crippen molar-refractivity contribution in [1.82, 2.24) is 4.90 Å². The summed E-state index contributed by atoms with van der Waals surface area (Å²) in [5, 5.41) is -0.400. The summed E-state index contributed by atoms with van der Waals surface area (Å²) in [7, 11) is 4.00. The van der Waals surface area contributed by atoms with Crippen molar-refractivity contribution in [2.24, 2.45) is 5.92 Å². The monoisotopic (exact) mass is 225 g/mol. The van der Waals surface area contributed by atoms with E-state index in [9.17, 15) is 8.42 Å². The van der Waals surface area contributed by atoms with Crippen LogP contribution in [-0.2, 0) is 9.05 Å². The highest BCUT2D eigenvalue weighted by molar-refractivity contribution is 8.14. The van der Waals surface area contributed by atoms with E-state index in [0.29, 0.717) is 0 Å². The summed E-state index contributed by atoms with van der Waals surface area (Å²) in [6.07, 6.45) is 1.87. The van der Waals surface area contributed by atoms with Crippen molar-refractivity contribution < 1.29 is 8.42 Å². The fraction of sp³-hybridized carbons (Fsp3) is 1.00. The zero-order valence-corrected chi connectivity index (χ0v) is 9.61. The minimum absolute atomic E-state index is 0.235. The Morgan fingerprint density at radius 3 is 2.23 bits per heavy atom. The molecular formula is C8H16ClNO2S. The van der Waals surface area contributed by atoms with Crippen LogP contribution in [0.1, 0.15) is 19.8 Å². The van der Waals surface area contributed by atoms with Crippen LogP contribution in [0.3, 0.4) is 0 Å². The van der Waals surface area contributed by atoms with Gasteiger partial charge in [0.25, 0.3) is 0 Å². The van der Waals surface area contributed by atoms with Crippen molar-refractivity contribution >= 4 is 19.7 Å². The van der Waals surface area contributed by atoms with Crippen LogP contribution in [0.15, 0.2) is 0 Å². The van der Waals surface area contributed by atoms with Crippen LogP contribution in [0.4, 0.5) is 0 Å². The summed E-state index contributed by atoms with van der Waals surface area (Å²) in [5.41, 5.74) is 0. The number of hydrogen-bond donors (Lipinski definition) is 0. The molecule has 0 spiro atoms. The largest absolute Gasteiger partial charge is 0.306 e. The van der Waals surface area contributed by atoms with Crippen molar-refractivity contribution in [1.29, 1.82) is 0 Å². The summed E-state index contributed by atoms with van der Waals surface area (Å²) in [5.74, 6) is 0.235. The molecule has 1 aliphatic rings. The normalized spacial score (nSPS) is 24.5. The molecule has 1 saturated heterocycles. The second-order valence-corrected chi connectivity index (χ2v) is 6.81. The molecule has 1 aliphatic heterocycles. The van der Waals surface area contributed by atoms with E-state index in [1.54, 1.807) is 6.92 Å². The van der Waals surface area contributed by atoms with E-state index in [-0.39, 0.29) is 5.92 Å². The smallest absolute Gasteiger partial charge is 0.235 e. The zero-order chi connectivity index (χ0) is 10.1. The number of hydrogen-bond acceptors (Lipinski definition) is 3. The topological polar surface area (TPSA) is 37.4 Å². The maximum Gasteiger partial charge on any atom is 0.235 e. The molecule has 0 radical (unpaired) electrons. The molecule has 1 heterocycles. The van der Waals surface area contributed by atoms with Crippen LogP contribution in [-0.4, -0.2) is 38.7 Å². The molecule has 1 rings (SSSR count). The second kappa shape index (κ2) is 4.15. The minimum Gasteiger partial charge on any atom is -0.306 e. The van der Waals surface area contributed by atoms with Gasteiger partial charge in [0.15, 0.2) is 0 Å². The van der Waals surface area contributed by atoms with Crippen LogP contribution in [0.25, 0.3) is 0 Å². The molecule has 0 saturated carbocycles. The molecule has 13 heavy (non-hydrogen) atoms. The molecule has 1 fully saturated rings. The van der Waals surface area contributed by atoms with Gasteiger partial charge in [-0.05, 0) is 45.8 Å². The predicted molar refractivity (Wildman–Crippen MR) is 54.5 cm³/mol. The molecule has 78 valence electrons. The summed E-state index contributed by atoms with van der Waals surface area (Å²) >= 11 is 0. The average Bonchev–Trinajstić information content (AvgIpc) is 2.03. The number of nitrogens with zero attached hydrogens (tertiary/aromatic N) is 1. The van der Waals surface area contributed by atoms with Gasteiger partial charge in [-0.1, -0.05) is 0 Å². The lowest BCUT2D eigenvalue weighted by Gasteiger charge is -2.31. The van der Waals surface area contributed by atoms with E-state index in [1.807, 2.05) is 0 Å². The molecule has 1 unspecified atom stereocenters. The Morgan fingerprint density at radius 1 is 1.38 bits per heavy atom. The Hall–Kier alpha value is 0.200. The van der Waals surface area contributed by atoms with Crippen molar-refractivity contribution in [3.63, 3.8) is 0 Å². The van der Waals surface area contributed by atoms with E-state index >= 15 is 0 Å². The van der Waals surface area contributed by atoms with E-state index < -0.39 is 14.3 Å². The Kier molecular flexibility index (Phi) is 3.60. The maximum atomic E-state index is 11.1. The predicted octanol–water partition coefficient (Wildman–Crippen LogP) is 1.29. The third-order valence-electron chi connectivity index (χ3n) is 2.87. The van der Waals surface area contributed by atoms with Gasteiger partial charge in [0, 0.05) is 10.7 Å². The third-order valence-corrected chi connectivity index (χ3v) is 4.99. The summed E-state index contributed by atoms with van der Waals surface area (Å²) in [4.78, 5) is 2.21. The molecule has 5 heteroatoms. The number of halogens is 1. The molecule has 0 bridgehead atoms. The average molecular weight is 226 g/mol. The maximum absolute atomic E-state index is 11.1. The first-order valence-electron chi connectivity index (χ1n) is 4.53. The lowest BCUT2D eigenvalue weighted by Crippen LogP contribution is -2.36. The van der Waals surface area contributed by atoms with Crippen molar-refractivity contribution in [3.05, 3.63) is 0 Å². The molecule has 0 amide bonds. The quantitative estimate of drug-likeness (QED) is 0.665. The first-order valence-corrected chi connectivity index (χ1v) is 6.90. The number of piperidine rings is 1. The van der Waals surface area contributed by atoms with E-state index in [1.165, 1.54) is 0 Å². The van der Waals surface area contributed by atoms with Gasteiger partial charge >= 0.3 is 0 Å². The molecule has 0 aromatic heterocycles. The van der Waals surface area contributed by atoms with Gasteiger partial charge in [-0.3, -0.25) is 0 Å². The SMILES string of the molecule is CC(C1CCN(C)CC1)S(=O)(=O)Cl. The van der Waals surface area contributed by atoms with Gasteiger partial charge in [0.1, 0.15) is 0 Å². The van der Waals surface area contributed by atoms with E-state index in [2.05, 4.69) is 11.9 Å². The highest BCUT2D eigenvalue weighted by Gasteiger charge is 2.29. The van der Waals surface area contributed by atoms with Crippen LogP contribution in [0.2, 0.25) is 0 Å². The van der Waals surface area contributed by atoms with Crippen LogP contribution < -0.4 is 0 Å². The molecule has 0 aromatic rings. The van der Waals surface area contributed by atoms with Gasteiger partial charge in [0.05, 0.1) is 5.25 Å². The highest BCUT2D eigenvalue weighted by atomic mass is 35.7. The molecule has 0 N–H and O–H groups in total. The Bertz CT molecular complexity index is 257. The molecular weight excluding hydrogens is 210 g/mol.